The lowest BCUT2D eigenvalue weighted by atomic mass is 9.93. The van der Waals surface area contributed by atoms with E-state index in [1.54, 1.807) is 92.1 Å². The molecule has 1 atom stereocenters. The van der Waals surface area contributed by atoms with E-state index in [1.807, 2.05) is 66.6 Å². The number of anilines is 5. The van der Waals surface area contributed by atoms with Gasteiger partial charge in [-0.1, -0.05) is 57.9 Å². The highest BCUT2D eigenvalue weighted by Crippen LogP contribution is 2.40. The number of para-hydroxylation sites is 2. The third-order valence-electron chi connectivity index (χ3n) is 13.1. The Morgan fingerprint density at radius 3 is 2.09 bits per heavy atom. The number of rotatable bonds is 9. The van der Waals surface area contributed by atoms with Crippen molar-refractivity contribution in [1.29, 1.82) is 0 Å². The van der Waals surface area contributed by atoms with E-state index in [0.717, 1.165) is 29.1 Å². The topological polar surface area (TPSA) is 150 Å². The van der Waals surface area contributed by atoms with Gasteiger partial charge in [-0.25, -0.2) is 0 Å². The van der Waals surface area contributed by atoms with Gasteiger partial charge < -0.3 is 24.5 Å². The van der Waals surface area contributed by atoms with Gasteiger partial charge in [0.25, 0.3) is 18.4 Å². The lowest BCUT2D eigenvalue weighted by Crippen LogP contribution is -2.37. The van der Waals surface area contributed by atoms with Crippen LogP contribution < -0.4 is 28.8 Å². The van der Waals surface area contributed by atoms with Crippen LogP contribution >= 0.6 is 0 Å². The fourth-order valence-corrected chi connectivity index (χ4v) is 9.46. The van der Waals surface area contributed by atoms with Gasteiger partial charge in [0.2, 0.25) is 0 Å². The van der Waals surface area contributed by atoms with Gasteiger partial charge in [0, 0.05) is 62.2 Å². The van der Waals surface area contributed by atoms with E-state index < -0.39 is 23.9 Å². The zero-order valence-electron chi connectivity index (χ0n) is 39.2. The number of aliphatic hydroxyl groups is 1. The highest BCUT2D eigenvalue weighted by Gasteiger charge is 2.39. The van der Waals surface area contributed by atoms with Crippen molar-refractivity contribution in [3.05, 3.63) is 158 Å². The number of alkyl halides is 6. The summed E-state index contributed by atoms with van der Waals surface area (Å²) in [5.74, 6) is 1.11. The van der Waals surface area contributed by atoms with Crippen LogP contribution in [0.2, 0.25) is 0 Å². The summed E-state index contributed by atoms with van der Waals surface area (Å²) in [4.78, 5) is 19.6. The molecule has 10 aromatic rings. The SMILES string of the molecule is CN(C1=Nc2n[n+](-c3cc(OC(F)(F)F)cc(N(C)c4nc5n[n+](-c6cc(N(C)c7nc8nncn8c8ccccc78)cc(C(F)(F)F)c6)cn5c5ccccc45)c3)cn2C2=CC=CCC21)c1cccc(CO)c1. The van der Waals surface area contributed by atoms with E-state index in [-0.39, 0.29) is 58.6 Å². The molecule has 1 aliphatic heterocycles. The number of nitrogens with zero attached hydrogens (tertiary/aromatic N) is 15. The van der Waals surface area contributed by atoms with Gasteiger partial charge in [-0.3, -0.25) is 4.40 Å². The minimum atomic E-state index is -5.06. The minimum absolute atomic E-state index is 0.0470. The van der Waals surface area contributed by atoms with E-state index in [2.05, 4.69) is 25.0 Å². The summed E-state index contributed by atoms with van der Waals surface area (Å²) in [6.07, 6.45) is 1.36. The molecule has 5 aromatic heterocycles. The number of benzene rings is 5. The molecule has 1 unspecified atom stereocenters. The van der Waals surface area contributed by atoms with Crippen LogP contribution in [-0.4, -0.2) is 82.2 Å². The summed E-state index contributed by atoms with van der Waals surface area (Å²) in [6.45, 7) is -0.140. The van der Waals surface area contributed by atoms with E-state index >= 15 is 0 Å². The second-order valence-corrected chi connectivity index (χ2v) is 17.6. The first-order valence-electron chi connectivity index (χ1n) is 22.9. The summed E-state index contributed by atoms with van der Waals surface area (Å²) in [7, 11) is 5.10. The van der Waals surface area contributed by atoms with E-state index in [9.17, 15) is 31.4 Å². The van der Waals surface area contributed by atoms with Crippen LogP contribution in [0.25, 0.3) is 50.4 Å². The molecule has 17 nitrogen and oxygen atoms in total. The maximum atomic E-state index is 14.8. The van der Waals surface area contributed by atoms with Crippen molar-refractivity contribution < 1.29 is 45.5 Å². The van der Waals surface area contributed by atoms with Gasteiger partial charge in [0.1, 0.15) is 34.9 Å². The van der Waals surface area contributed by atoms with Crippen molar-refractivity contribution in [2.45, 2.75) is 25.6 Å². The molecule has 2 aliphatic rings. The minimum Gasteiger partial charge on any atom is -0.406 e. The van der Waals surface area contributed by atoms with Gasteiger partial charge in [-0.2, -0.15) is 37.1 Å². The standard InChI is InChI=1S/C51H39F6N15O2/c1-65(32-12-10-11-30(19-32)26-73)45-39-14-5-8-17-42(39)70-29-72(64-48(70)60-45)36-23-34(24-37(25-36)74-51(55,56)57)67(3)46-40-15-6-9-18-43(40)69-28-71(63-49(69)61-46)35-21-31(50(52,53)54)20-33(22-35)66(2)44-38-13-4-7-16-41(38)68-27-58-62-47(68)59-44/h4-13,15-25,27-29,39,73H,14,26H2,1-3H3/q+2. The average molecular weight is 1010 g/mol. The second-order valence-electron chi connectivity index (χ2n) is 17.6. The van der Waals surface area contributed by atoms with Crippen LogP contribution in [0.5, 0.6) is 5.75 Å². The van der Waals surface area contributed by atoms with Gasteiger partial charge in [-0.15, -0.1) is 23.4 Å². The van der Waals surface area contributed by atoms with Crippen LogP contribution in [0.15, 0.2) is 151 Å². The van der Waals surface area contributed by atoms with E-state index in [1.165, 1.54) is 34.2 Å². The van der Waals surface area contributed by atoms with Crippen LogP contribution in [-0.2, 0) is 12.8 Å². The molecule has 0 spiro atoms. The Labute approximate surface area is 414 Å². The van der Waals surface area contributed by atoms with Crippen molar-refractivity contribution >= 4 is 79.5 Å². The van der Waals surface area contributed by atoms with Crippen molar-refractivity contribution in [2.24, 2.45) is 10.9 Å². The third-order valence-corrected chi connectivity index (χ3v) is 13.1. The number of hydrogen-bond acceptors (Lipinski definition) is 12. The maximum Gasteiger partial charge on any atom is 0.573 e. The first-order chi connectivity index (χ1) is 35.6. The first kappa shape index (κ1) is 45.9. The van der Waals surface area contributed by atoms with Crippen molar-refractivity contribution in [1.82, 2.24) is 43.7 Å². The molecule has 6 heterocycles. The highest BCUT2D eigenvalue weighted by molar-refractivity contribution is 6.06. The Morgan fingerprint density at radius 1 is 0.703 bits per heavy atom. The molecule has 0 saturated carbocycles. The number of aromatic nitrogens is 11. The normalized spacial score (nSPS) is 14.6. The molecule has 5 aromatic carbocycles. The molecule has 1 N–H and O–H groups in total. The maximum absolute atomic E-state index is 14.8. The number of aliphatic imine (C=N–C) groups is 1. The Bertz CT molecular complexity index is 3990. The molecule has 0 saturated heterocycles. The number of hydrogen-bond donors (Lipinski definition) is 1. The Balaban J connectivity index is 0.949. The van der Waals surface area contributed by atoms with E-state index in [4.69, 9.17) is 15.1 Å². The second kappa shape index (κ2) is 17.2. The predicted octanol–water partition coefficient (Wildman–Crippen LogP) is 8.77. The van der Waals surface area contributed by atoms with Crippen molar-refractivity contribution in [3.63, 3.8) is 0 Å². The molecular weight excluding hydrogens is 969 g/mol. The zero-order chi connectivity index (χ0) is 51.2. The number of ether oxygens (including phenoxy) is 1. The molecule has 74 heavy (non-hydrogen) atoms. The summed E-state index contributed by atoms with van der Waals surface area (Å²) < 4.78 is 98.9. The summed E-state index contributed by atoms with van der Waals surface area (Å²) >= 11 is 0. The van der Waals surface area contributed by atoms with Crippen LogP contribution in [0, 0.1) is 5.92 Å². The molecule has 1 aliphatic carbocycles. The number of allylic oxidation sites excluding steroid dienone is 3. The number of amidine groups is 1. The van der Waals surface area contributed by atoms with Gasteiger partial charge in [0.05, 0.1) is 34.7 Å². The smallest absolute Gasteiger partial charge is 0.406 e. The third kappa shape index (κ3) is 8.02. The summed E-state index contributed by atoms with van der Waals surface area (Å²) in [6, 6.07) is 29.4. The fraction of sp³-hybridized carbons (Fsp3) is 0.157. The largest absolute Gasteiger partial charge is 0.573 e. The van der Waals surface area contributed by atoms with Crippen molar-refractivity contribution in [2.75, 3.05) is 35.8 Å². The Kier molecular flexibility index (Phi) is 10.7. The molecule has 370 valence electrons. The summed E-state index contributed by atoms with van der Waals surface area (Å²) in [5.41, 5.74) is 3.25. The summed E-state index contributed by atoms with van der Waals surface area (Å²) in [5, 5.41) is 28.5. The molecule has 23 heteroatoms. The molecular formula is C51H39F6N15O2+2. The average Bonchev–Trinajstić information content (AvgIpc) is 4.18. The van der Waals surface area contributed by atoms with Gasteiger partial charge in [-0.05, 0) is 76.8 Å². The monoisotopic (exact) mass is 1010 g/mol. The molecule has 0 radical (unpaired) electrons. The van der Waals surface area contributed by atoms with Crippen LogP contribution in [0.3, 0.4) is 0 Å². The highest BCUT2D eigenvalue weighted by atomic mass is 19.4. The van der Waals surface area contributed by atoms with Crippen LogP contribution in [0.4, 0.5) is 61.0 Å². The van der Waals surface area contributed by atoms with Gasteiger partial charge >= 0.3 is 24.3 Å². The molecule has 0 fully saturated rings. The number of aliphatic hydroxyl groups excluding tert-OH is 1. The predicted molar refractivity (Wildman–Crippen MR) is 261 cm³/mol. The molecule has 0 bridgehead atoms. The van der Waals surface area contributed by atoms with Crippen molar-refractivity contribution in [3.8, 4) is 17.1 Å². The fourth-order valence-electron chi connectivity index (χ4n) is 9.46. The zero-order valence-corrected chi connectivity index (χ0v) is 39.2. The molecule has 0 amide bonds. The first-order valence-corrected chi connectivity index (χ1v) is 22.9. The van der Waals surface area contributed by atoms with E-state index in [0.29, 0.717) is 39.9 Å². The molecule has 12 rings (SSSR count). The number of halogens is 6. The lowest BCUT2D eigenvalue weighted by Gasteiger charge is -2.30. The lowest BCUT2D eigenvalue weighted by molar-refractivity contribution is -0.656. The quantitative estimate of drug-likeness (QED) is 0.109. The van der Waals surface area contributed by atoms with Gasteiger partial charge in [0.15, 0.2) is 17.2 Å². The Hall–Kier alpha value is -9.25. The van der Waals surface area contributed by atoms with Crippen LogP contribution in [0.1, 0.15) is 17.5 Å². The Morgan fingerprint density at radius 2 is 1.38 bits per heavy atom. The number of fused-ring (bicyclic) bond motifs is 9.